The Morgan fingerprint density at radius 1 is 1.41 bits per heavy atom. The molecule has 0 aliphatic carbocycles. The fourth-order valence-corrected chi connectivity index (χ4v) is 2.50. The van der Waals surface area contributed by atoms with Crippen LogP contribution in [0.15, 0.2) is 24.3 Å². The van der Waals surface area contributed by atoms with Gasteiger partial charge in [0.1, 0.15) is 12.4 Å². The maximum absolute atomic E-state index is 13.5. The van der Waals surface area contributed by atoms with Crippen LogP contribution in [0.3, 0.4) is 0 Å². The predicted octanol–water partition coefficient (Wildman–Crippen LogP) is 1.47. The second kappa shape index (κ2) is 5.41. The minimum absolute atomic E-state index is 0.0770. The SMILES string of the molecule is C[C@H]1CCCC[NH+]1CC(=O)c1ccccc1F. The molecule has 17 heavy (non-hydrogen) atoms. The highest BCUT2D eigenvalue weighted by Crippen LogP contribution is 2.07. The molecule has 1 fully saturated rings. The highest BCUT2D eigenvalue weighted by Gasteiger charge is 2.25. The molecule has 0 spiro atoms. The zero-order valence-corrected chi connectivity index (χ0v) is 10.2. The van der Waals surface area contributed by atoms with Gasteiger partial charge in [0.05, 0.1) is 18.2 Å². The molecule has 2 nitrogen and oxygen atoms in total. The number of carbonyl (C=O) groups is 1. The quantitative estimate of drug-likeness (QED) is 0.788. The van der Waals surface area contributed by atoms with Gasteiger partial charge in [-0.15, -0.1) is 0 Å². The van der Waals surface area contributed by atoms with Gasteiger partial charge in [-0.1, -0.05) is 12.1 Å². The molecule has 1 aliphatic heterocycles. The number of Topliss-reactive ketones (excluding diaryl/α,β-unsaturated/α-hetero) is 1. The average Bonchev–Trinajstić information content (AvgIpc) is 2.32. The van der Waals surface area contributed by atoms with E-state index in [1.165, 1.54) is 30.2 Å². The number of carbonyl (C=O) groups excluding carboxylic acids is 1. The van der Waals surface area contributed by atoms with Gasteiger partial charge >= 0.3 is 0 Å². The highest BCUT2D eigenvalue weighted by atomic mass is 19.1. The lowest BCUT2D eigenvalue weighted by Gasteiger charge is -2.29. The molecule has 2 atom stereocenters. The summed E-state index contributed by atoms with van der Waals surface area (Å²) in [5, 5.41) is 0. The lowest BCUT2D eigenvalue weighted by atomic mass is 10.0. The number of likely N-dealkylation sites (tertiary alicyclic amines) is 1. The third-order valence-electron chi connectivity index (χ3n) is 3.64. The molecule has 1 N–H and O–H groups in total. The summed E-state index contributed by atoms with van der Waals surface area (Å²) in [6.07, 6.45) is 3.59. The van der Waals surface area contributed by atoms with Gasteiger partial charge in [0.2, 0.25) is 5.78 Å². The summed E-state index contributed by atoms with van der Waals surface area (Å²) in [5.74, 6) is -0.478. The number of piperidine rings is 1. The summed E-state index contributed by atoms with van der Waals surface area (Å²) in [6, 6.07) is 6.77. The number of quaternary nitrogens is 1. The molecule has 1 aromatic rings. The van der Waals surface area contributed by atoms with Gasteiger partial charge < -0.3 is 4.90 Å². The third-order valence-corrected chi connectivity index (χ3v) is 3.64. The van der Waals surface area contributed by atoms with E-state index in [1.807, 2.05) is 0 Å². The summed E-state index contributed by atoms with van der Waals surface area (Å²) in [6.45, 7) is 3.62. The molecule has 1 aliphatic rings. The van der Waals surface area contributed by atoms with Crippen molar-refractivity contribution in [3.63, 3.8) is 0 Å². The lowest BCUT2D eigenvalue weighted by molar-refractivity contribution is -0.920. The van der Waals surface area contributed by atoms with Gasteiger partial charge in [0.15, 0.2) is 0 Å². The van der Waals surface area contributed by atoms with Gasteiger partial charge in [-0.3, -0.25) is 4.79 Å². The van der Waals surface area contributed by atoms with Crippen LogP contribution >= 0.6 is 0 Å². The van der Waals surface area contributed by atoms with Crippen LogP contribution in [-0.2, 0) is 0 Å². The maximum atomic E-state index is 13.5. The van der Waals surface area contributed by atoms with Crippen molar-refractivity contribution in [2.24, 2.45) is 0 Å². The Bertz CT molecular complexity index is 405. The molecule has 92 valence electrons. The summed E-state index contributed by atoms with van der Waals surface area (Å²) < 4.78 is 13.5. The van der Waals surface area contributed by atoms with Crippen molar-refractivity contribution >= 4 is 5.78 Å². The number of hydrogen-bond donors (Lipinski definition) is 1. The van der Waals surface area contributed by atoms with Crippen molar-refractivity contribution in [1.29, 1.82) is 0 Å². The van der Waals surface area contributed by atoms with Crippen LogP contribution in [0.25, 0.3) is 0 Å². The summed E-state index contributed by atoms with van der Waals surface area (Å²) in [7, 11) is 0. The van der Waals surface area contributed by atoms with Gasteiger partial charge in [-0.2, -0.15) is 0 Å². The van der Waals surface area contributed by atoms with Crippen molar-refractivity contribution in [3.8, 4) is 0 Å². The van der Waals surface area contributed by atoms with Crippen LogP contribution < -0.4 is 4.90 Å². The molecule has 1 heterocycles. The first-order valence-corrected chi connectivity index (χ1v) is 6.31. The van der Waals surface area contributed by atoms with Crippen LogP contribution in [0.1, 0.15) is 36.5 Å². The lowest BCUT2D eigenvalue weighted by Crippen LogP contribution is -3.16. The summed E-state index contributed by atoms with van der Waals surface area (Å²) in [5.41, 5.74) is 0.234. The highest BCUT2D eigenvalue weighted by molar-refractivity contribution is 5.97. The number of nitrogens with one attached hydrogen (secondary N) is 1. The van der Waals surface area contributed by atoms with E-state index in [0.717, 1.165) is 6.54 Å². The van der Waals surface area contributed by atoms with Crippen LogP contribution in [0, 0.1) is 5.82 Å². The Hall–Kier alpha value is -1.22. The number of halogens is 1. The van der Waals surface area contributed by atoms with E-state index >= 15 is 0 Å². The van der Waals surface area contributed by atoms with Gasteiger partial charge in [-0.05, 0) is 38.3 Å². The topological polar surface area (TPSA) is 21.5 Å². The summed E-state index contributed by atoms with van der Waals surface area (Å²) in [4.78, 5) is 13.3. The van der Waals surface area contributed by atoms with E-state index in [-0.39, 0.29) is 11.3 Å². The third kappa shape index (κ3) is 2.91. The molecule has 0 amide bonds. The molecule has 3 heteroatoms. The van der Waals surface area contributed by atoms with Crippen molar-refractivity contribution < 1.29 is 14.1 Å². The second-order valence-corrected chi connectivity index (χ2v) is 4.88. The number of ketones is 1. The van der Waals surface area contributed by atoms with Crippen molar-refractivity contribution in [2.45, 2.75) is 32.2 Å². The second-order valence-electron chi connectivity index (χ2n) is 4.88. The predicted molar refractivity (Wildman–Crippen MR) is 64.7 cm³/mol. The Balaban J connectivity index is 2.04. The van der Waals surface area contributed by atoms with Crippen molar-refractivity contribution in [3.05, 3.63) is 35.6 Å². The van der Waals surface area contributed by atoms with Crippen LogP contribution in [0.2, 0.25) is 0 Å². The monoisotopic (exact) mass is 236 g/mol. The number of hydrogen-bond acceptors (Lipinski definition) is 1. The molecule has 0 bridgehead atoms. The van der Waals surface area contributed by atoms with Crippen molar-refractivity contribution in [1.82, 2.24) is 0 Å². The van der Waals surface area contributed by atoms with E-state index in [4.69, 9.17) is 0 Å². The summed E-state index contributed by atoms with van der Waals surface area (Å²) >= 11 is 0. The van der Waals surface area contributed by atoms with E-state index in [2.05, 4.69) is 6.92 Å². The molecule has 2 rings (SSSR count). The molecule has 1 unspecified atom stereocenters. The molecule has 1 aromatic carbocycles. The van der Waals surface area contributed by atoms with E-state index in [1.54, 1.807) is 18.2 Å². The Labute approximate surface area is 101 Å². The Kier molecular flexibility index (Phi) is 3.89. The van der Waals surface area contributed by atoms with Crippen LogP contribution in [-0.4, -0.2) is 24.9 Å². The Morgan fingerprint density at radius 3 is 2.88 bits per heavy atom. The first-order chi connectivity index (χ1) is 8.18. The van der Waals surface area contributed by atoms with Gasteiger partial charge in [0, 0.05) is 0 Å². The smallest absolute Gasteiger partial charge is 0.219 e. The first-order valence-electron chi connectivity index (χ1n) is 6.31. The zero-order valence-electron chi connectivity index (χ0n) is 10.2. The van der Waals surface area contributed by atoms with Gasteiger partial charge in [0.25, 0.3) is 0 Å². The molecule has 0 saturated carbocycles. The molecule has 0 radical (unpaired) electrons. The van der Waals surface area contributed by atoms with E-state index < -0.39 is 5.82 Å². The van der Waals surface area contributed by atoms with Crippen LogP contribution in [0.5, 0.6) is 0 Å². The fraction of sp³-hybridized carbons (Fsp3) is 0.500. The average molecular weight is 236 g/mol. The largest absolute Gasteiger partial charge is 0.326 e. The van der Waals surface area contributed by atoms with Gasteiger partial charge in [-0.25, -0.2) is 4.39 Å². The molecule has 0 aromatic heterocycles. The first kappa shape index (κ1) is 12.2. The van der Waals surface area contributed by atoms with E-state index in [0.29, 0.717) is 12.6 Å². The zero-order chi connectivity index (χ0) is 12.3. The van der Waals surface area contributed by atoms with E-state index in [9.17, 15) is 9.18 Å². The number of benzene rings is 1. The minimum Gasteiger partial charge on any atom is -0.326 e. The van der Waals surface area contributed by atoms with Crippen LogP contribution in [0.4, 0.5) is 4.39 Å². The molecular formula is C14H19FNO+. The maximum Gasteiger partial charge on any atom is 0.219 e. The molecular weight excluding hydrogens is 217 g/mol. The normalized spacial score (nSPS) is 24.6. The Morgan fingerprint density at radius 2 is 2.18 bits per heavy atom. The number of rotatable bonds is 3. The minimum atomic E-state index is -0.401. The van der Waals surface area contributed by atoms with Crippen molar-refractivity contribution in [2.75, 3.05) is 13.1 Å². The fourth-order valence-electron chi connectivity index (χ4n) is 2.50. The molecule has 1 saturated heterocycles. The standard InChI is InChI=1S/C14H18FNO/c1-11-6-4-5-9-16(11)10-14(17)12-7-2-3-8-13(12)15/h2-3,7-8,11H,4-6,9-10H2,1H3/p+1/t11-/m0/s1.